The quantitative estimate of drug-likeness (QED) is 0.711. The van der Waals surface area contributed by atoms with Crippen LogP contribution in [0.3, 0.4) is 0 Å². The average molecular weight is 379 g/mol. The van der Waals surface area contributed by atoms with E-state index in [4.69, 9.17) is 5.26 Å². The largest absolute Gasteiger partial charge is 0.326 e. The molecule has 0 unspecified atom stereocenters. The highest BCUT2D eigenvalue weighted by Gasteiger charge is 2.14. The minimum atomic E-state index is -0.507. The van der Waals surface area contributed by atoms with Crippen molar-refractivity contribution < 1.29 is 9.18 Å². The zero-order valence-corrected chi connectivity index (χ0v) is 15.4. The number of amides is 1. The average Bonchev–Trinajstić information content (AvgIpc) is 3.16. The number of nitrogens with one attached hydrogen (secondary N) is 2. The predicted molar refractivity (Wildman–Crippen MR) is 102 cm³/mol. The van der Waals surface area contributed by atoms with Crippen molar-refractivity contribution in [1.82, 2.24) is 14.8 Å². The van der Waals surface area contributed by atoms with Gasteiger partial charge in [-0.05, 0) is 55.7 Å². The predicted octanol–water partition coefficient (Wildman–Crippen LogP) is 2.76. The second-order valence-corrected chi connectivity index (χ2v) is 6.33. The lowest BCUT2D eigenvalue weighted by Crippen LogP contribution is -2.18. The third kappa shape index (κ3) is 3.83. The summed E-state index contributed by atoms with van der Waals surface area (Å²) in [7, 11) is 0. The second kappa shape index (κ2) is 7.88. The summed E-state index contributed by atoms with van der Waals surface area (Å²) >= 11 is 0. The molecule has 1 aromatic carbocycles. The number of pyridine rings is 1. The molecule has 142 valence electrons. The van der Waals surface area contributed by atoms with Crippen LogP contribution in [0, 0.1) is 31.0 Å². The summed E-state index contributed by atoms with van der Waals surface area (Å²) in [4.78, 5) is 26.7. The Labute approximate surface area is 160 Å². The van der Waals surface area contributed by atoms with Gasteiger partial charge >= 0.3 is 0 Å². The molecule has 0 radical (unpaired) electrons. The number of nitriles is 1. The maximum Gasteiger partial charge on any atom is 0.266 e. The molecule has 8 heteroatoms. The number of benzene rings is 1. The van der Waals surface area contributed by atoms with Crippen molar-refractivity contribution in [3.05, 3.63) is 75.2 Å². The van der Waals surface area contributed by atoms with Crippen molar-refractivity contribution in [3.8, 4) is 11.8 Å². The molecular weight excluding hydrogens is 361 g/mol. The molecule has 28 heavy (non-hydrogen) atoms. The Hall–Kier alpha value is -3.73. The monoisotopic (exact) mass is 379 g/mol. The number of carbonyl (C=O) groups excluding carboxylic acids is 1. The van der Waals surface area contributed by atoms with Gasteiger partial charge in [0.05, 0.1) is 0 Å². The van der Waals surface area contributed by atoms with E-state index in [1.165, 1.54) is 16.8 Å². The Morgan fingerprint density at radius 3 is 2.82 bits per heavy atom. The fourth-order valence-electron chi connectivity index (χ4n) is 3.06. The lowest BCUT2D eigenvalue weighted by Gasteiger charge is -2.11. The van der Waals surface area contributed by atoms with Gasteiger partial charge in [-0.1, -0.05) is 0 Å². The molecule has 2 aromatic heterocycles. The van der Waals surface area contributed by atoms with E-state index in [-0.39, 0.29) is 23.6 Å². The molecule has 0 fully saturated rings. The number of aryl methyl sites for hydroxylation is 1. The maximum atomic E-state index is 14.3. The normalized spacial score (nSPS) is 10.5. The molecular formula is C20H18FN5O2. The molecule has 0 aliphatic rings. The number of halogens is 1. The van der Waals surface area contributed by atoms with Crippen LogP contribution in [0.1, 0.15) is 28.8 Å². The van der Waals surface area contributed by atoms with Crippen LogP contribution >= 0.6 is 0 Å². The minimum absolute atomic E-state index is 0.0530. The summed E-state index contributed by atoms with van der Waals surface area (Å²) in [6.07, 6.45) is 3.65. The van der Waals surface area contributed by atoms with Gasteiger partial charge in [-0.3, -0.25) is 9.59 Å². The van der Waals surface area contributed by atoms with Gasteiger partial charge in [0.25, 0.3) is 5.56 Å². The fraction of sp³-hybridized carbons (Fsp3) is 0.200. The van der Waals surface area contributed by atoms with Gasteiger partial charge in [0.15, 0.2) is 5.82 Å². The van der Waals surface area contributed by atoms with Crippen LogP contribution in [-0.4, -0.2) is 20.7 Å². The first-order chi connectivity index (χ1) is 13.4. The van der Waals surface area contributed by atoms with Crippen LogP contribution in [-0.2, 0) is 11.2 Å². The molecule has 7 nitrogen and oxygen atoms in total. The molecule has 2 N–H and O–H groups in total. The highest BCUT2D eigenvalue weighted by Crippen LogP contribution is 2.19. The molecule has 0 saturated heterocycles. The van der Waals surface area contributed by atoms with Gasteiger partial charge < -0.3 is 10.3 Å². The first kappa shape index (κ1) is 19.0. The summed E-state index contributed by atoms with van der Waals surface area (Å²) in [6, 6.07) is 7.95. The number of rotatable bonds is 5. The lowest BCUT2D eigenvalue weighted by molar-refractivity contribution is -0.116. The molecule has 0 spiro atoms. The minimum Gasteiger partial charge on any atom is -0.326 e. The molecule has 1 amide bonds. The van der Waals surface area contributed by atoms with E-state index in [9.17, 15) is 14.0 Å². The molecule has 3 rings (SSSR count). The number of aromatic nitrogens is 3. The zero-order valence-electron chi connectivity index (χ0n) is 15.4. The van der Waals surface area contributed by atoms with Crippen LogP contribution < -0.4 is 10.9 Å². The van der Waals surface area contributed by atoms with Gasteiger partial charge in [0, 0.05) is 30.2 Å². The van der Waals surface area contributed by atoms with E-state index < -0.39 is 11.4 Å². The summed E-state index contributed by atoms with van der Waals surface area (Å²) in [5, 5.41) is 15.8. The SMILES string of the molecule is Cc1[nH]c(=O)c(C#N)c(C)c1CCC(=O)Nc1ccc(-n2cccn2)c(F)c1. The number of anilines is 1. The van der Waals surface area contributed by atoms with Crippen molar-refractivity contribution in [2.75, 3.05) is 5.32 Å². The van der Waals surface area contributed by atoms with Gasteiger partial charge in [0.2, 0.25) is 5.91 Å². The van der Waals surface area contributed by atoms with Crippen LogP contribution in [0.15, 0.2) is 41.5 Å². The third-order valence-electron chi connectivity index (χ3n) is 4.50. The van der Waals surface area contributed by atoms with Crippen molar-refractivity contribution >= 4 is 11.6 Å². The van der Waals surface area contributed by atoms with E-state index >= 15 is 0 Å². The van der Waals surface area contributed by atoms with E-state index in [2.05, 4.69) is 15.4 Å². The Morgan fingerprint density at radius 2 is 2.18 bits per heavy atom. The molecule has 0 atom stereocenters. The molecule has 0 aliphatic carbocycles. The van der Waals surface area contributed by atoms with Crippen LogP contribution in [0.4, 0.5) is 10.1 Å². The van der Waals surface area contributed by atoms with Gasteiger partial charge in [-0.2, -0.15) is 10.4 Å². The van der Waals surface area contributed by atoms with E-state index in [1.54, 1.807) is 38.4 Å². The molecule has 0 aliphatic heterocycles. The number of carbonyl (C=O) groups is 1. The smallest absolute Gasteiger partial charge is 0.266 e. The summed E-state index contributed by atoms with van der Waals surface area (Å²) in [6.45, 7) is 3.42. The fourth-order valence-corrected chi connectivity index (χ4v) is 3.06. The Bertz CT molecular complexity index is 1130. The van der Waals surface area contributed by atoms with Gasteiger partial charge in [-0.25, -0.2) is 9.07 Å². The Balaban J connectivity index is 1.70. The zero-order chi connectivity index (χ0) is 20.3. The maximum absolute atomic E-state index is 14.3. The summed E-state index contributed by atoms with van der Waals surface area (Å²) in [5.41, 5.74) is 2.20. The molecule has 0 bridgehead atoms. The Morgan fingerprint density at radius 1 is 1.39 bits per heavy atom. The van der Waals surface area contributed by atoms with Gasteiger partial charge in [-0.15, -0.1) is 0 Å². The van der Waals surface area contributed by atoms with Crippen molar-refractivity contribution in [1.29, 1.82) is 5.26 Å². The first-order valence-corrected chi connectivity index (χ1v) is 8.62. The topological polar surface area (TPSA) is 104 Å². The van der Waals surface area contributed by atoms with Gasteiger partial charge in [0.1, 0.15) is 17.3 Å². The number of H-pyrrole nitrogens is 1. The second-order valence-electron chi connectivity index (χ2n) is 6.33. The van der Waals surface area contributed by atoms with E-state index in [0.717, 1.165) is 5.56 Å². The van der Waals surface area contributed by atoms with Crippen LogP contribution in [0.25, 0.3) is 5.69 Å². The number of hydrogen-bond acceptors (Lipinski definition) is 4. The summed E-state index contributed by atoms with van der Waals surface area (Å²) < 4.78 is 15.7. The molecule has 3 aromatic rings. The highest BCUT2D eigenvalue weighted by molar-refractivity contribution is 5.91. The number of nitrogens with zero attached hydrogens (tertiary/aromatic N) is 3. The number of hydrogen-bond donors (Lipinski definition) is 2. The van der Waals surface area contributed by atoms with Crippen molar-refractivity contribution in [2.45, 2.75) is 26.7 Å². The summed E-state index contributed by atoms with van der Waals surface area (Å²) in [5.74, 6) is -0.803. The molecule has 0 saturated carbocycles. The molecule has 2 heterocycles. The lowest BCUT2D eigenvalue weighted by atomic mass is 9.99. The Kier molecular flexibility index (Phi) is 5.36. The highest BCUT2D eigenvalue weighted by atomic mass is 19.1. The third-order valence-corrected chi connectivity index (χ3v) is 4.50. The van der Waals surface area contributed by atoms with Crippen molar-refractivity contribution in [2.24, 2.45) is 0 Å². The van der Waals surface area contributed by atoms with Crippen molar-refractivity contribution in [3.63, 3.8) is 0 Å². The van der Waals surface area contributed by atoms with E-state index in [0.29, 0.717) is 23.4 Å². The number of aromatic amines is 1. The van der Waals surface area contributed by atoms with Crippen LogP contribution in [0.2, 0.25) is 0 Å². The van der Waals surface area contributed by atoms with E-state index in [1.807, 2.05) is 6.07 Å². The standard InChI is InChI=1S/C20H18FN5O2/c1-12-15(13(2)24-20(28)16(12)11-22)5-7-19(27)25-14-4-6-18(17(21)10-14)26-9-3-8-23-26/h3-4,6,8-10H,5,7H2,1-2H3,(H,24,28)(H,25,27). The van der Waals surface area contributed by atoms with Crippen LogP contribution in [0.5, 0.6) is 0 Å². The first-order valence-electron chi connectivity index (χ1n) is 8.62.